The molecule has 1 aliphatic heterocycles. The van der Waals surface area contributed by atoms with Crippen LogP contribution >= 0.6 is 0 Å². The Bertz CT molecular complexity index is 1020. The van der Waals surface area contributed by atoms with Gasteiger partial charge in [0.2, 0.25) is 5.50 Å². The Morgan fingerprint density at radius 1 is 1.33 bits per heavy atom. The number of carbonyl (C=O) groups is 1. The molecule has 1 amide bonds. The van der Waals surface area contributed by atoms with Crippen molar-refractivity contribution in [2.45, 2.75) is 44.5 Å². The standard InChI is InChI=1S/C19H28N6O7S/c1-2-31-19(27)25-7-5-13(6-8-25)23-18(33(28,29)30)24-16-10-20-12-22-17(16)21-9-14-3-4-15(11-26)32-14/h3-4,10,12-13,18,23-24,26H,2,5-9,11H2,1H3,(H,20,21,22)(H,28,29,30). The normalized spacial score (nSPS) is 15.8. The van der Waals surface area contributed by atoms with Gasteiger partial charge in [0.15, 0.2) is 5.82 Å². The van der Waals surface area contributed by atoms with Crippen LogP contribution in [0.5, 0.6) is 0 Å². The smallest absolute Gasteiger partial charge is 0.409 e. The minimum atomic E-state index is -4.54. The van der Waals surface area contributed by atoms with E-state index in [1.807, 2.05) is 0 Å². The second-order valence-electron chi connectivity index (χ2n) is 7.33. The van der Waals surface area contributed by atoms with Crippen molar-refractivity contribution in [3.05, 3.63) is 36.2 Å². The van der Waals surface area contributed by atoms with Gasteiger partial charge in [-0.3, -0.25) is 9.87 Å². The van der Waals surface area contributed by atoms with E-state index in [0.29, 0.717) is 43.3 Å². The monoisotopic (exact) mass is 484 g/mol. The maximum atomic E-state index is 12.0. The van der Waals surface area contributed by atoms with Gasteiger partial charge in [-0.1, -0.05) is 0 Å². The number of aliphatic hydroxyl groups excluding tert-OH is 1. The molecule has 13 nitrogen and oxygen atoms in total. The van der Waals surface area contributed by atoms with Crippen LogP contribution in [0.25, 0.3) is 0 Å². The lowest BCUT2D eigenvalue weighted by atomic mass is 10.1. The zero-order chi connectivity index (χ0) is 23.8. The highest BCUT2D eigenvalue weighted by Gasteiger charge is 2.30. The van der Waals surface area contributed by atoms with Crippen LogP contribution in [0.4, 0.5) is 16.3 Å². The molecule has 0 aromatic carbocycles. The van der Waals surface area contributed by atoms with Gasteiger partial charge in [-0.2, -0.15) is 8.42 Å². The van der Waals surface area contributed by atoms with Crippen molar-refractivity contribution >= 4 is 27.7 Å². The number of likely N-dealkylation sites (tertiary alicyclic amines) is 1. The second-order valence-corrected chi connectivity index (χ2v) is 8.83. The summed E-state index contributed by atoms with van der Waals surface area (Å²) >= 11 is 0. The lowest BCUT2D eigenvalue weighted by molar-refractivity contribution is 0.0949. The van der Waals surface area contributed by atoms with Crippen LogP contribution in [0, 0.1) is 0 Å². The van der Waals surface area contributed by atoms with Crippen LogP contribution in [-0.2, 0) is 28.0 Å². The Balaban J connectivity index is 1.63. The molecule has 1 aliphatic rings. The fraction of sp³-hybridized carbons (Fsp3) is 0.526. The van der Waals surface area contributed by atoms with Gasteiger partial charge in [-0.15, -0.1) is 0 Å². The van der Waals surface area contributed by atoms with E-state index >= 15 is 0 Å². The zero-order valence-electron chi connectivity index (χ0n) is 18.1. The molecule has 182 valence electrons. The summed E-state index contributed by atoms with van der Waals surface area (Å²) in [7, 11) is -4.54. The van der Waals surface area contributed by atoms with Crippen LogP contribution in [0.1, 0.15) is 31.3 Å². The van der Waals surface area contributed by atoms with Crippen LogP contribution in [0.15, 0.2) is 29.1 Å². The molecule has 0 bridgehead atoms. The fourth-order valence-corrected chi connectivity index (χ4v) is 3.99. The quantitative estimate of drug-likeness (QED) is 0.239. The number of amides is 1. The number of carbonyl (C=O) groups excluding carboxylic acids is 1. The molecule has 3 heterocycles. The van der Waals surface area contributed by atoms with Crippen molar-refractivity contribution in [1.29, 1.82) is 0 Å². The molecule has 0 saturated carbocycles. The van der Waals surface area contributed by atoms with Gasteiger partial charge in [-0.25, -0.2) is 14.8 Å². The number of ether oxygens (including phenoxy) is 1. The number of nitrogens with one attached hydrogen (secondary N) is 3. The number of hydrogen-bond donors (Lipinski definition) is 5. The molecule has 0 radical (unpaired) electrons. The molecule has 1 saturated heterocycles. The fourth-order valence-electron chi connectivity index (χ4n) is 3.35. The number of nitrogens with zero attached hydrogens (tertiary/aromatic N) is 3. The second kappa shape index (κ2) is 11.3. The minimum absolute atomic E-state index is 0.221. The van der Waals surface area contributed by atoms with Gasteiger partial charge < -0.3 is 29.8 Å². The molecular formula is C19H28N6O7S. The SMILES string of the molecule is CCOC(=O)N1CCC(NC(Nc2cncnc2NCc2ccc(CO)o2)S(=O)(=O)O)CC1. The first-order chi connectivity index (χ1) is 15.8. The number of aliphatic hydroxyl groups is 1. The maximum Gasteiger partial charge on any atom is 0.409 e. The molecule has 0 aliphatic carbocycles. The summed E-state index contributed by atoms with van der Waals surface area (Å²) in [6, 6.07) is 3.07. The number of anilines is 2. The Hall–Kier alpha value is -2.94. The molecule has 1 atom stereocenters. The summed E-state index contributed by atoms with van der Waals surface area (Å²) in [5, 5.41) is 17.7. The van der Waals surface area contributed by atoms with E-state index in [4.69, 9.17) is 14.3 Å². The van der Waals surface area contributed by atoms with Crippen LogP contribution in [0.3, 0.4) is 0 Å². The number of hydrogen-bond acceptors (Lipinski definition) is 11. The van der Waals surface area contributed by atoms with E-state index in [9.17, 15) is 17.8 Å². The third kappa shape index (κ3) is 7.02. The number of rotatable bonds is 10. The van der Waals surface area contributed by atoms with Crippen molar-refractivity contribution in [1.82, 2.24) is 20.2 Å². The zero-order valence-corrected chi connectivity index (χ0v) is 18.9. The average Bonchev–Trinajstić information content (AvgIpc) is 3.26. The molecule has 2 aromatic rings. The number of aromatic nitrogens is 2. The van der Waals surface area contributed by atoms with Crippen molar-refractivity contribution in [2.75, 3.05) is 30.3 Å². The van der Waals surface area contributed by atoms with E-state index in [-0.39, 0.29) is 31.5 Å². The first kappa shape index (κ1) is 24.7. The summed E-state index contributed by atoms with van der Waals surface area (Å²) in [6.45, 7) is 2.81. The molecule has 3 rings (SSSR count). The van der Waals surface area contributed by atoms with E-state index in [1.165, 1.54) is 12.5 Å². The third-order valence-corrected chi connectivity index (χ3v) is 5.86. The molecular weight excluding hydrogens is 456 g/mol. The van der Waals surface area contributed by atoms with Gasteiger partial charge in [0.1, 0.15) is 24.5 Å². The Kier molecular flexibility index (Phi) is 8.43. The summed E-state index contributed by atoms with van der Waals surface area (Å²) in [4.78, 5) is 21.4. The summed E-state index contributed by atoms with van der Waals surface area (Å²) < 4.78 is 44.2. The van der Waals surface area contributed by atoms with E-state index in [2.05, 4.69) is 25.9 Å². The van der Waals surface area contributed by atoms with Crippen molar-refractivity contribution in [3.63, 3.8) is 0 Å². The number of piperidine rings is 1. The summed E-state index contributed by atoms with van der Waals surface area (Å²) in [5.41, 5.74) is -1.28. The molecule has 1 fully saturated rings. The lowest BCUT2D eigenvalue weighted by Gasteiger charge is -2.33. The van der Waals surface area contributed by atoms with Gasteiger partial charge in [-0.05, 0) is 31.9 Å². The number of furan rings is 1. The highest BCUT2D eigenvalue weighted by molar-refractivity contribution is 7.86. The summed E-state index contributed by atoms with van der Waals surface area (Å²) in [6.07, 6.45) is 3.22. The molecule has 14 heteroatoms. The van der Waals surface area contributed by atoms with Gasteiger partial charge in [0.05, 0.1) is 25.0 Å². The van der Waals surface area contributed by atoms with Crippen molar-refractivity contribution in [2.24, 2.45) is 0 Å². The topological polar surface area (TPSA) is 179 Å². The highest BCUT2D eigenvalue weighted by Crippen LogP contribution is 2.21. The molecule has 2 aromatic heterocycles. The van der Waals surface area contributed by atoms with E-state index in [0.717, 1.165) is 0 Å². The third-order valence-electron chi connectivity index (χ3n) is 5.01. The Labute approximate surface area is 191 Å². The Morgan fingerprint density at radius 3 is 2.70 bits per heavy atom. The molecule has 33 heavy (non-hydrogen) atoms. The van der Waals surface area contributed by atoms with Gasteiger partial charge >= 0.3 is 6.09 Å². The van der Waals surface area contributed by atoms with Crippen LogP contribution in [0.2, 0.25) is 0 Å². The first-order valence-corrected chi connectivity index (χ1v) is 11.9. The predicted octanol–water partition coefficient (Wildman–Crippen LogP) is 0.968. The minimum Gasteiger partial charge on any atom is -0.462 e. The van der Waals surface area contributed by atoms with E-state index < -0.39 is 21.7 Å². The first-order valence-electron chi connectivity index (χ1n) is 10.4. The van der Waals surface area contributed by atoms with Crippen LogP contribution < -0.4 is 16.0 Å². The lowest BCUT2D eigenvalue weighted by Crippen LogP contribution is -2.52. The summed E-state index contributed by atoms with van der Waals surface area (Å²) in [5.74, 6) is 1.25. The highest BCUT2D eigenvalue weighted by atomic mass is 32.2. The maximum absolute atomic E-state index is 12.0. The predicted molar refractivity (Wildman–Crippen MR) is 118 cm³/mol. The largest absolute Gasteiger partial charge is 0.462 e. The van der Waals surface area contributed by atoms with E-state index in [1.54, 1.807) is 24.0 Å². The van der Waals surface area contributed by atoms with Crippen molar-refractivity contribution in [3.8, 4) is 0 Å². The van der Waals surface area contributed by atoms with Crippen LogP contribution in [-0.4, -0.2) is 70.3 Å². The van der Waals surface area contributed by atoms with Gasteiger partial charge in [0.25, 0.3) is 10.1 Å². The Morgan fingerprint density at radius 2 is 2.06 bits per heavy atom. The molecule has 1 unspecified atom stereocenters. The molecule has 5 N–H and O–H groups in total. The van der Waals surface area contributed by atoms with Crippen molar-refractivity contribution < 1.29 is 32.0 Å². The molecule has 0 spiro atoms. The van der Waals surface area contributed by atoms with Gasteiger partial charge in [0, 0.05) is 19.1 Å². The average molecular weight is 485 g/mol.